The molecule has 0 saturated carbocycles. The zero-order chi connectivity index (χ0) is 14.8. The lowest BCUT2D eigenvalue weighted by Crippen LogP contribution is -2.48. The molecule has 1 unspecified atom stereocenters. The largest absolute Gasteiger partial charge is 0.409 e. The van der Waals surface area contributed by atoms with Crippen LogP contribution in [-0.4, -0.2) is 28.2 Å². The van der Waals surface area contributed by atoms with Gasteiger partial charge in [0.15, 0.2) is 0 Å². The third-order valence-corrected chi connectivity index (χ3v) is 2.21. The highest BCUT2D eigenvalue weighted by Crippen LogP contribution is 2.39. The van der Waals surface area contributed by atoms with Crippen LogP contribution in [0.4, 0.5) is 26.3 Å². The first-order valence-electron chi connectivity index (χ1n) is 4.96. The Hall–Kier alpha value is -1.74. The molecule has 0 aliphatic heterocycles. The number of aromatic amines is 1. The highest BCUT2D eigenvalue weighted by Gasteiger charge is 2.61. The van der Waals surface area contributed by atoms with Gasteiger partial charge in [0, 0.05) is 12.4 Å². The molecule has 2 N–H and O–H groups in total. The van der Waals surface area contributed by atoms with Gasteiger partial charge in [-0.15, -0.1) is 0 Å². The molecule has 1 atom stereocenters. The SMILES string of the molecule is CC(NC(=O)C(C(F)(F)F)C(F)(F)F)c1ncc[nH]1. The van der Waals surface area contributed by atoms with Gasteiger partial charge in [0.05, 0.1) is 6.04 Å². The van der Waals surface area contributed by atoms with E-state index in [1.807, 2.05) is 0 Å². The van der Waals surface area contributed by atoms with E-state index in [4.69, 9.17) is 0 Å². The molecule has 0 aliphatic rings. The first-order chi connectivity index (χ1) is 8.53. The van der Waals surface area contributed by atoms with Gasteiger partial charge in [-0.25, -0.2) is 4.98 Å². The van der Waals surface area contributed by atoms with Gasteiger partial charge in [0.1, 0.15) is 5.82 Å². The summed E-state index contributed by atoms with van der Waals surface area (Å²) in [5.74, 6) is -6.17. The summed E-state index contributed by atoms with van der Waals surface area (Å²) in [5.41, 5.74) is 0. The molecule has 108 valence electrons. The van der Waals surface area contributed by atoms with Gasteiger partial charge in [-0.05, 0) is 6.92 Å². The van der Waals surface area contributed by atoms with E-state index in [2.05, 4.69) is 9.97 Å². The van der Waals surface area contributed by atoms with E-state index in [1.165, 1.54) is 19.3 Å². The number of carbonyl (C=O) groups is 1. The minimum Gasteiger partial charge on any atom is -0.347 e. The number of H-pyrrole nitrogens is 1. The van der Waals surface area contributed by atoms with Gasteiger partial charge in [-0.1, -0.05) is 0 Å². The maximum atomic E-state index is 12.3. The van der Waals surface area contributed by atoms with Crippen molar-refractivity contribution in [1.82, 2.24) is 15.3 Å². The number of hydrogen-bond donors (Lipinski definition) is 2. The number of imidazole rings is 1. The second-order valence-corrected chi connectivity index (χ2v) is 3.72. The van der Waals surface area contributed by atoms with E-state index in [0.717, 1.165) is 0 Å². The molecular weight excluding hydrogens is 280 g/mol. The minimum atomic E-state index is -5.70. The van der Waals surface area contributed by atoms with Gasteiger partial charge >= 0.3 is 12.4 Å². The maximum absolute atomic E-state index is 12.3. The fraction of sp³-hybridized carbons (Fsp3) is 0.556. The van der Waals surface area contributed by atoms with E-state index in [-0.39, 0.29) is 5.82 Å². The van der Waals surface area contributed by atoms with E-state index >= 15 is 0 Å². The summed E-state index contributed by atoms with van der Waals surface area (Å²) < 4.78 is 73.5. The van der Waals surface area contributed by atoms with Crippen LogP contribution in [-0.2, 0) is 4.79 Å². The van der Waals surface area contributed by atoms with Crippen molar-refractivity contribution in [3.05, 3.63) is 18.2 Å². The molecule has 4 nitrogen and oxygen atoms in total. The lowest BCUT2D eigenvalue weighted by molar-refractivity contribution is -0.274. The van der Waals surface area contributed by atoms with Crippen LogP contribution >= 0.6 is 0 Å². The number of nitrogens with zero attached hydrogens (tertiary/aromatic N) is 1. The van der Waals surface area contributed by atoms with Crippen LogP contribution < -0.4 is 5.32 Å². The molecule has 0 saturated heterocycles. The van der Waals surface area contributed by atoms with Crippen molar-refractivity contribution in [2.24, 2.45) is 5.92 Å². The molecule has 1 rings (SSSR count). The first-order valence-corrected chi connectivity index (χ1v) is 4.96. The molecule has 19 heavy (non-hydrogen) atoms. The second kappa shape index (κ2) is 5.10. The molecule has 10 heteroatoms. The Bertz CT molecular complexity index is 410. The second-order valence-electron chi connectivity index (χ2n) is 3.72. The smallest absolute Gasteiger partial charge is 0.347 e. The standard InChI is InChI=1S/C9H9F6N3O/c1-4(6-16-2-3-17-6)18-7(19)5(8(10,11)12)9(13,14)15/h2-5H,1H3,(H,16,17)(H,18,19). The molecule has 0 bridgehead atoms. The lowest BCUT2D eigenvalue weighted by Gasteiger charge is -2.23. The molecule has 0 radical (unpaired) electrons. The number of carbonyl (C=O) groups excluding carboxylic acids is 1. The van der Waals surface area contributed by atoms with E-state index in [1.54, 1.807) is 5.32 Å². The van der Waals surface area contributed by atoms with Crippen LogP contribution in [0.25, 0.3) is 0 Å². The Balaban J connectivity index is 2.85. The van der Waals surface area contributed by atoms with Crippen LogP contribution in [0.3, 0.4) is 0 Å². The number of alkyl halides is 6. The summed E-state index contributed by atoms with van der Waals surface area (Å²) in [4.78, 5) is 17.2. The van der Waals surface area contributed by atoms with E-state index in [0.29, 0.717) is 0 Å². The average Bonchev–Trinajstić information content (AvgIpc) is 2.63. The van der Waals surface area contributed by atoms with E-state index in [9.17, 15) is 31.1 Å². The average molecular weight is 289 g/mol. The van der Waals surface area contributed by atoms with Gasteiger partial charge in [-0.2, -0.15) is 26.3 Å². The zero-order valence-electron chi connectivity index (χ0n) is 9.43. The number of hydrogen-bond acceptors (Lipinski definition) is 2. The topological polar surface area (TPSA) is 57.8 Å². The van der Waals surface area contributed by atoms with Crippen molar-refractivity contribution >= 4 is 5.91 Å². The van der Waals surface area contributed by atoms with Crippen LogP contribution in [0, 0.1) is 5.92 Å². The Labute approximate surface area is 103 Å². The first kappa shape index (κ1) is 15.3. The number of rotatable bonds is 3. The van der Waals surface area contributed by atoms with Crippen molar-refractivity contribution in [1.29, 1.82) is 0 Å². The van der Waals surface area contributed by atoms with Gasteiger partial charge in [-0.3, -0.25) is 4.79 Å². The monoisotopic (exact) mass is 289 g/mol. The molecule has 0 aliphatic carbocycles. The lowest BCUT2D eigenvalue weighted by atomic mass is 10.1. The molecule has 1 aromatic rings. The number of halogens is 6. The van der Waals surface area contributed by atoms with Crippen molar-refractivity contribution < 1.29 is 31.1 Å². The molecule has 1 amide bonds. The van der Waals surface area contributed by atoms with Gasteiger partial charge < -0.3 is 10.3 Å². The van der Waals surface area contributed by atoms with Crippen molar-refractivity contribution in [3.63, 3.8) is 0 Å². The van der Waals surface area contributed by atoms with Crippen LogP contribution in [0.5, 0.6) is 0 Å². The summed E-state index contributed by atoms with van der Waals surface area (Å²) in [6.07, 6.45) is -8.83. The van der Waals surface area contributed by atoms with Crippen LogP contribution in [0.1, 0.15) is 18.8 Å². The number of nitrogens with one attached hydrogen (secondary N) is 2. The highest BCUT2D eigenvalue weighted by molar-refractivity contribution is 5.80. The Kier molecular flexibility index (Phi) is 4.11. The van der Waals surface area contributed by atoms with Crippen LogP contribution in [0.15, 0.2) is 12.4 Å². The van der Waals surface area contributed by atoms with Crippen molar-refractivity contribution in [3.8, 4) is 0 Å². The summed E-state index contributed by atoms with van der Waals surface area (Å²) >= 11 is 0. The summed E-state index contributed by atoms with van der Waals surface area (Å²) in [7, 11) is 0. The quantitative estimate of drug-likeness (QED) is 0.839. The van der Waals surface area contributed by atoms with Crippen molar-refractivity contribution in [2.45, 2.75) is 25.3 Å². The van der Waals surface area contributed by atoms with Crippen molar-refractivity contribution in [2.75, 3.05) is 0 Å². The third-order valence-electron chi connectivity index (χ3n) is 2.21. The Morgan fingerprint density at radius 3 is 2.16 bits per heavy atom. The maximum Gasteiger partial charge on any atom is 0.409 e. The molecular formula is C9H9F6N3O. The molecule has 0 spiro atoms. The normalized spacial score (nSPS) is 14.5. The summed E-state index contributed by atoms with van der Waals surface area (Å²) in [5, 5.41) is 1.62. The van der Waals surface area contributed by atoms with Gasteiger partial charge in [0.25, 0.3) is 0 Å². The predicted molar refractivity (Wildman–Crippen MR) is 50.7 cm³/mol. The zero-order valence-corrected chi connectivity index (χ0v) is 9.43. The Morgan fingerprint density at radius 1 is 1.26 bits per heavy atom. The minimum absolute atomic E-state index is 0.0523. The van der Waals surface area contributed by atoms with E-state index < -0.39 is 30.2 Å². The Morgan fingerprint density at radius 2 is 1.79 bits per heavy atom. The number of amides is 1. The molecule has 0 fully saturated rings. The van der Waals surface area contributed by atoms with Gasteiger partial charge in [0.2, 0.25) is 11.8 Å². The molecule has 1 heterocycles. The number of aromatic nitrogens is 2. The third kappa shape index (κ3) is 3.86. The highest BCUT2D eigenvalue weighted by atomic mass is 19.4. The summed E-state index contributed by atoms with van der Waals surface area (Å²) in [6.45, 7) is 1.21. The summed E-state index contributed by atoms with van der Waals surface area (Å²) in [6, 6.07) is -1.10. The van der Waals surface area contributed by atoms with Crippen LogP contribution in [0.2, 0.25) is 0 Å². The molecule has 0 aromatic carbocycles. The fourth-order valence-electron chi connectivity index (χ4n) is 1.36. The molecule has 1 aromatic heterocycles. The predicted octanol–water partition coefficient (Wildman–Crippen LogP) is 2.33. The fourth-order valence-corrected chi connectivity index (χ4v) is 1.36.